The van der Waals surface area contributed by atoms with E-state index in [0.29, 0.717) is 17.2 Å². The number of allylic oxidation sites excluding steroid dienone is 2. The van der Waals surface area contributed by atoms with Gasteiger partial charge in [0, 0.05) is 26.2 Å². The van der Waals surface area contributed by atoms with Crippen LogP contribution in [0.5, 0.6) is 0 Å². The normalized spacial score (nSPS) is 35.3. The minimum atomic E-state index is -0.0110. The van der Waals surface area contributed by atoms with Gasteiger partial charge in [-0.15, -0.1) is 0 Å². The number of piperidine rings is 1. The van der Waals surface area contributed by atoms with E-state index in [1.165, 1.54) is 19.3 Å². The average molecular weight is 349 g/mol. The first kappa shape index (κ1) is 18.9. The molecule has 2 aliphatic heterocycles. The summed E-state index contributed by atoms with van der Waals surface area (Å²) in [5.41, 5.74) is 0.343. The second-order valence-electron chi connectivity index (χ2n) is 8.98. The number of amides is 1. The van der Waals surface area contributed by atoms with Crippen molar-refractivity contribution < 1.29 is 9.53 Å². The van der Waals surface area contributed by atoms with Gasteiger partial charge in [-0.05, 0) is 57.3 Å². The molecule has 1 aliphatic carbocycles. The van der Waals surface area contributed by atoms with Gasteiger partial charge < -0.3 is 9.64 Å². The van der Waals surface area contributed by atoms with Crippen molar-refractivity contribution in [3.05, 3.63) is 12.2 Å². The third-order valence-corrected chi connectivity index (χ3v) is 6.26. The molecule has 4 atom stereocenters. The van der Waals surface area contributed by atoms with Crippen LogP contribution < -0.4 is 0 Å². The molecule has 0 aromatic rings. The first-order chi connectivity index (χ1) is 11.9. The summed E-state index contributed by atoms with van der Waals surface area (Å²) >= 11 is 0. The van der Waals surface area contributed by atoms with E-state index >= 15 is 0 Å². The summed E-state index contributed by atoms with van der Waals surface area (Å²) in [5, 5.41) is 0. The Balaban J connectivity index is 1.73. The fourth-order valence-corrected chi connectivity index (χ4v) is 5.20. The molecule has 1 spiro atoms. The van der Waals surface area contributed by atoms with Gasteiger partial charge in [0.15, 0.2) is 0 Å². The lowest BCUT2D eigenvalue weighted by atomic mass is 9.71. The standard InChI is InChI=1S/C21H36N2O2/c1-16(2)19(23-13-17(3)25-18(4)14-23)20(24)22-12-8-11-21(15-22)9-6-5-7-10-21/h5-6,16-19H,7-15H2,1-4H3. The number of hydrogen-bond acceptors (Lipinski definition) is 3. The molecule has 0 radical (unpaired) electrons. The van der Waals surface area contributed by atoms with Crippen molar-refractivity contribution in [2.45, 2.75) is 78.0 Å². The molecule has 0 N–H and O–H groups in total. The van der Waals surface area contributed by atoms with E-state index in [2.05, 4.69) is 49.6 Å². The van der Waals surface area contributed by atoms with Gasteiger partial charge in [-0.25, -0.2) is 0 Å². The van der Waals surface area contributed by atoms with Gasteiger partial charge in [0.1, 0.15) is 0 Å². The quantitative estimate of drug-likeness (QED) is 0.732. The molecule has 142 valence electrons. The first-order valence-electron chi connectivity index (χ1n) is 10.2. The van der Waals surface area contributed by atoms with E-state index in [9.17, 15) is 4.79 Å². The number of hydrogen-bond donors (Lipinski definition) is 0. The molecule has 4 nitrogen and oxygen atoms in total. The average Bonchev–Trinajstić information content (AvgIpc) is 2.54. The highest BCUT2D eigenvalue weighted by atomic mass is 16.5. The molecule has 1 amide bonds. The van der Waals surface area contributed by atoms with Crippen LogP contribution in [0.15, 0.2) is 12.2 Å². The van der Waals surface area contributed by atoms with Gasteiger partial charge >= 0.3 is 0 Å². The molecule has 0 saturated carbocycles. The number of nitrogens with zero attached hydrogens (tertiary/aromatic N) is 2. The molecule has 2 fully saturated rings. The summed E-state index contributed by atoms with van der Waals surface area (Å²) in [6.07, 6.45) is 11.0. The van der Waals surface area contributed by atoms with E-state index in [1.54, 1.807) is 0 Å². The lowest BCUT2D eigenvalue weighted by Gasteiger charge is -2.47. The van der Waals surface area contributed by atoms with Crippen molar-refractivity contribution in [1.82, 2.24) is 9.80 Å². The summed E-state index contributed by atoms with van der Waals surface area (Å²) in [7, 11) is 0. The van der Waals surface area contributed by atoms with Gasteiger partial charge in [0.05, 0.1) is 18.2 Å². The summed E-state index contributed by atoms with van der Waals surface area (Å²) < 4.78 is 5.89. The van der Waals surface area contributed by atoms with E-state index in [0.717, 1.165) is 39.0 Å². The van der Waals surface area contributed by atoms with E-state index < -0.39 is 0 Å². The molecule has 3 aliphatic rings. The maximum Gasteiger partial charge on any atom is 0.240 e. The van der Waals surface area contributed by atoms with Crippen molar-refractivity contribution in [3.63, 3.8) is 0 Å². The third-order valence-electron chi connectivity index (χ3n) is 6.26. The molecule has 4 heteroatoms. The Hall–Kier alpha value is -0.870. The molecule has 0 aromatic carbocycles. The molecule has 2 heterocycles. The highest BCUT2D eigenvalue weighted by Crippen LogP contribution is 2.41. The smallest absolute Gasteiger partial charge is 0.240 e. The predicted molar refractivity (Wildman–Crippen MR) is 101 cm³/mol. The highest BCUT2D eigenvalue weighted by molar-refractivity contribution is 5.82. The van der Waals surface area contributed by atoms with E-state index in [1.807, 2.05) is 0 Å². The Kier molecular flexibility index (Phi) is 5.89. The van der Waals surface area contributed by atoms with Gasteiger partial charge in [0.2, 0.25) is 5.91 Å². The molecule has 4 unspecified atom stereocenters. The Labute approximate surface area is 153 Å². The molecular weight excluding hydrogens is 312 g/mol. The number of ether oxygens (including phenoxy) is 1. The van der Waals surface area contributed by atoms with Crippen molar-refractivity contribution in [2.75, 3.05) is 26.2 Å². The number of likely N-dealkylation sites (tertiary alicyclic amines) is 1. The van der Waals surface area contributed by atoms with Crippen LogP contribution in [-0.2, 0) is 9.53 Å². The highest BCUT2D eigenvalue weighted by Gasteiger charge is 2.41. The zero-order chi connectivity index (χ0) is 18.0. The van der Waals surface area contributed by atoms with Crippen LogP contribution in [0.1, 0.15) is 59.8 Å². The Morgan fingerprint density at radius 1 is 1.16 bits per heavy atom. The zero-order valence-electron chi connectivity index (χ0n) is 16.5. The van der Waals surface area contributed by atoms with Crippen LogP contribution in [-0.4, -0.2) is 60.1 Å². The maximum absolute atomic E-state index is 13.5. The SMILES string of the molecule is CC1CN(C(C(=O)N2CCCC3(CC=CCC3)C2)C(C)C)CC(C)O1. The first-order valence-corrected chi connectivity index (χ1v) is 10.2. The molecular formula is C21H36N2O2. The van der Waals surface area contributed by atoms with Crippen molar-refractivity contribution in [2.24, 2.45) is 11.3 Å². The lowest BCUT2D eigenvalue weighted by Crippen LogP contribution is -2.59. The zero-order valence-corrected chi connectivity index (χ0v) is 16.5. The molecule has 0 bridgehead atoms. The fourth-order valence-electron chi connectivity index (χ4n) is 5.20. The van der Waals surface area contributed by atoms with Crippen LogP contribution >= 0.6 is 0 Å². The molecule has 2 saturated heterocycles. The molecule has 0 aromatic heterocycles. The maximum atomic E-state index is 13.5. The minimum Gasteiger partial charge on any atom is -0.373 e. The second kappa shape index (κ2) is 7.79. The van der Waals surface area contributed by atoms with Crippen LogP contribution in [0.25, 0.3) is 0 Å². The van der Waals surface area contributed by atoms with Gasteiger partial charge in [-0.2, -0.15) is 0 Å². The summed E-state index contributed by atoms with van der Waals surface area (Å²) in [4.78, 5) is 18.1. The summed E-state index contributed by atoms with van der Waals surface area (Å²) in [6, 6.07) is -0.0110. The molecule has 25 heavy (non-hydrogen) atoms. The summed E-state index contributed by atoms with van der Waals surface area (Å²) in [5.74, 6) is 0.680. The Morgan fingerprint density at radius 2 is 1.88 bits per heavy atom. The number of carbonyl (C=O) groups excluding carboxylic acids is 1. The Bertz CT molecular complexity index is 494. The van der Waals surface area contributed by atoms with Gasteiger partial charge in [-0.1, -0.05) is 26.0 Å². The summed E-state index contributed by atoms with van der Waals surface area (Å²) in [6.45, 7) is 12.2. The third kappa shape index (κ3) is 4.28. The van der Waals surface area contributed by atoms with Gasteiger partial charge in [0.25, 0.3) is 0 Å². The molecule has 3 rings (SSSR count). The monoisotopic (exact) mass is 348 g/mol. The van der Waals surface area contributed by atoms with Crippen LogP contribution in [0.4, 0.5) is 0 Å². The van der Waals surface area contributed by atoms with Crippen molar-refractivity contribution >= 4 is 5.91 Å². The van der Waals surface area contributed by atoms with Crippen LogP contribution in [0.2, 0.25) is 0 Å². The number of rotatable bonds is 3. The van der Waals surface area contributed by atoms with Crippen LogP contribution in [0.3, 0.4) is 0 Å². The lowest BCUT2D eigenvalue weighted by molar-refractivity contribution is -0.149. The fraction of sp³-hybridized carbons (Fsp3) is 0.857. The van der Waals surface area contributed by atoms with Gasteiger partial charge in [-0.3, -0.25) is 9.69 Å². The van der Waals surface area contributed by atoms with Crippen molar-refractivity contribution in [1.29, 1.82) is 0 Å². The van der Waals surface area contributed by atoms with E-state index in [4.69, 9.17) is 4.74 Å². The second-order valence-corrected chi connectivity index (χ2v) is 8.98. The van der Waals surface area contributed by atoms with E-state index in [-0.39, 0.29) is 18.2 Å². The predicted octanol–water partition coefficient (Wildman–Crippen LogP) is 3.47. The number of morpholine rings is 1. The van der Waals surface area contributed by atoms with Crippen molar-refractivity contribution in [3.8, 4) is 0 Å². The minimum absolute atomic E-state index is 0.0110. The Morgan fingerprint density at radius 3 is 2.48 bits per heavy atom. The largest absolute Gasteiger partial charge is 0.373 e. The topological polar surface area (TPSA) is 32.8 Å². The van der Waals surface area contributed by atoms with Crippen LogP contribution in [0, 0.1) is 11.3 Å². The number of carbonyl (C=O) groups is 1.